The molecule has 0 radical (unpaired) electrons. The minimum atomic E-state index is -0.221. The number of nitrogens with one attached hydrogen (secondary N) is 1. The van der Waals surface area contributed by atoms with E-state index in [1.54, 1.807) is 7.05 Å². The number of carbonyl (C=O) groups excluding carboxylic acids is 1. The summed E-state index contributed by atoms with van der Waals surface area (Å²) in [6, 6.07) is 11.5. The zero-order valence-electron chi connectivity index (χ0n) is 14.7. The first-order valence-electron chi connectivity index (χ1n) is 8.65. The highest BCUT2D eigenvalue weighted by Crippen LogP contribution is 2.16. The third-order valence-corrected chi connectivity index (χ3v) is 4.77. The van der Waals surface area contributed by atoms with Crippen LogP contribution in [0.2, 0.25) is 0 Å². The number of carbonyl (C=O) groups is 1. The highest BCUT2D eigenvalue weighted by molar-refractivity contribution is 5.92. The zero-order valence-corrected chi connectivity index (χ0v) is 14.7. The van der Waals surface area contributed by atoms with Gasteiger partial charge in [0.1, 0.15) is 5.69 Å². The molecular formula is C19H24N4O2. The monoisotopic (exact) mass is 340 g/mol. The van der Waals surface area contributed by atoms with E-state index < -0.39 is 0 Å². The first-order chi connectivity index (χ1) is 12.0. The fourth-order valence-corrected chi connectivity index (χ4v) is 3.15. The predicted molar refractivity (Wildman–Crippen MR) is 96.4 cm³/mol. The van der Waals surface area contributed by atoms with E-state index >= 15 is 0 Å². The summed E-state index contributed by atoms with van der Waals surface area (Å²) in [4.78, 5) is 26.1. The van der Waals surface area contributed by atoms with Crippen molar-refractivity contribution in [3.8, 4) is 0 Å². The number of rotatable bonds is 4. The van der Waals surface area contributed by atoms with Gasteiger partial charge in [-0.3, -0.25) is 14.5 Å². The number of piperidine rings is 1. The molecule has 1 aliphatic heterocycles. The van der Waals surface area contributed by atoms with E-state index in [4.69, 9.17) is 0 Å². The summed E-state index contributed by atoms with van der Waals surface area (Å²) < 4.78 is 1.18. The quantitative estimate of drug-likeness (QED) is 0.916. The fourth-order valence-electron chi connectivity index (χ4n) is 3.15. The Morgan fingerprint density at radius 2 is 1.92 bits per heavy atom. The molecule has 1 amide bonds. The first-order valence-corrected chi connectivity index (χ1v) is 8.65. The van der Waals surface area contributed by atoms with Crippen molar-refractivity contribution in [1.29, 1.82) is 0 Å². The maximum Gasteiger partial charge on any atom is 0.271 e. The van der Waals surface area contributed by atoms with E-state index in [1.807, 2.05) is 0 Å². The average molecular weight is 340 g/mol. The number of nitrogens with zero attached hydrogens (tertiary/aromatic N) is 3. The van der Waals surface area contributed by atoms with E-state index in [9.17, 15) is 9.59 Å². The molecule has 25 heavy (non-hydrogen) atoms. The topological polar surface area (TPSA) is 67.2 Å². The van der Waals surface area contributed by atoms with E-state index in [-0.39, 0.29) is 23.2 Å². The second kappa shape index (κ2) is 7.61. The van der Waals surface area contributed by atoms with Crippen molar-refractivity contribution >= 4 is 5.91 Å². The molecule has 132 valence electrons. The molecular weight excluding hydrogens is 316 g/mol. The van der Waals surface area contributed by atoms with Crippen LogP contribution in [0.3, 0.4) is 0 Å². The number of hydrogen-bond acceptors (Lipinski definition) is 4. The van der Waals surface area contributed by atoms with Crippen molar-refractivity contribution in [2.24, 2.45) is 7.05 Å². The number of aryl methyl sites for hydroxylation is 2. The van der Waals surface area contributed by atoms with Crippen molar-refractivity contribution < 1.29 is 4.79 Å². The number of aromatic nitrogens is 2. The van der Waals surface area contributed by atoms with Gasteiger partial charge in [0.2, 0.25) is 0 Å². The molecule has 3 rings (SSSR count). The number of amides is 1. The molecule has 0 bridgehead atoms. The smallest absolute Gasteiger partial charge is 0.271 e. The van der Waals surface area contributed by atoms with Crippen molar-refractivity contribution in [3.05, 3.63) is 63.6 Å². The Kier molecular flexibility index (Phi) is 5.28. The van der Waals surface area contributed by atoms with E-state index in [0.717, 1.165) is 32.5 Å². The molecule has 0 saturated carbocycles. The van der Waals surface area contributed by atoms with Gasteiger partial charge < -0.3 is 5.32 Å². The van der Waals surface area contributed by atoms with Gasteiger partial charge in [0.05, 0.1) is 0 Å². The van der Waals surface area contributed by atoms with Gasteiger partial charge in [-0.05, 0) is 37.0 Å². The highest BCUT2D eigenvalue weighted by Gasteiger charge is 2.22. The van der Waals surface area contributed by atoms with Gasteiger partial charge in [-0.2, -0.15) is 5.10 Å². The van der Waals surface area contributed by atoms with Gasteiger partial charge in [0.25, 0.3) is 11.5 Å². The normalized spacial score (nSPS) is 15.9. The van der Waals surface area contributed by atoms with Crippen molar-refractivity contribution in [2.45, 2.75) is 32.4 Å². The van der Waals surface area contributed by atoms with Crippen LogP contribution in [-0.4, -0.2) is 39.7 Å². The molecule has 0 atom stereocenters. The summed E-state index contributed by atoms with van der Waals surface area (Å²) in [5, 5.41) is 7.03. The summed E-state index contributed by atoms with van der Waals surface area (Å²) in [7, 11) is 1.54. The number of benzene rings is 1. The largest absolute Gasteiger partial charge is 0.348 e. The molecule has 0 aliphatic carbocycles. The van der Waals surface area contributed by atoms with Crippen LogP contribution < -0.4 is 10.9 Å². The lowest BCUT2D eigenvalue weighted by Crippen LogP contribution is -2.44. The molecule has 1 N–H and O–H groups in total. The van der Waals surface area contributed by atoms with Crippen LogP contribution in [0.5, 0.6) is 0 Å². The van der Waals surface area contributed by atoms with Crippen LogP contribution in [0.1, 0.15) is 34.5 Å². The fraction of sp³-hybridized carbons (Fsp3) is 0.421. The zero-order chi connectivity index (χ0) is 17.8. The molecule has 1 aliphatic rings. The lowest BCUT2D eigenvalue weighted by Gasteiger charge is -2.32. The highest BCUT2D eigenvalue weighted by atomic mass is 16.2. The maximum absolute atomic E-state index is 12.3. The summed E-state index contributed by atoms with van der Waals surface area (Å²) in [6.07, 6.45) is 1.84. The Labute approximate surface area is 147 Å². The van der Waals surface area contributed by atoms with Gasteiger partial charge in [-0.1, -0.05) is 24.3 Å². The number of hydrogen-bond donors (Lipinski definition) is 1. The van der Waals surface area contributed by atoms with Crippen molar-refractivity contribution in [1.82, 2.24) is 20.0 Å². The van der Waals surface area contributed by atoms with Crippen LogP contribution in [-0.2, 0) is 13.6 Å². The molecule has 2 heterocycles. The minimum Gasteiger partial charge on any atom is -0.348 e. The average Bonchev–Trinajstić information content (AvgIpc) is 2.61. The SMILES string of the molecule is Cc1ccccc1CN1CCC(NC(=O)c2ccc(=O)n(C)n2)CC1. The predicted octanol–water partition coefficient (Wildman–Crippen LogP) is 1.48. The van der Waals surface area contributed by atoms with Crippen LogP contribution in [0.4, 0.5) is 0 Å². The third-order valence-electron chi connectivity index (χ3n) is 4.77. The van der Waals surface area contributed by atoms with Crippen LogP contribution in [0.15, 0.2) is 41.2 Å². The van der Waals surface area contributed by atoms with Gasteiger partial charge in [-0.25, -0.2) is 4.68 Å². The maximum atomic E-state index is 12.3. The Morgan fingerprint density at radius 1 is 1.20 bits per heavy atom. The van der Waals surface area contributed by atoms with Crippen LogP contribution in [0.25, 0.3) is 0 Å². The van der Waals surface area contributed by atoms with Crippen LogP contribution >= 0.6 is 0 Å². The molecule has 1 aromatic carbocycles. The van der Waals surface area contributed by atoms with E-state index in [1.165, 1.54) is 27.9 Å². The molecule has 0 unspecified atom stereocenters. The van der Waals surface area contributed by atoms with Gasteiger partial charge in [-0.15, -0.1) is 0 Å². The van der Waals surface area contributed by atoms with Crippen LogP contribution in [0, 0.1) is 6.92 Å². The van der Waals surface area contributed by atoms with E-state index in [0.29, 0.717) is 0 Å². The Hall–Kier alpha value is -2.47. The molecule has 6 nitrogen and oxygen atoms in total. The second-order valence-corrected chi connectivity index (χ2v) is 6.63. The van der Waals surface area contributed by atoms with Gasteiger partial charge >= 0.3 is 0 Å². The number of likely N-dealkylation sites (tertiary alicyclic amines) is 1. The van der Waals surface area contributed by atoms with Crippen molar-refractivity contribution in [2.75, 3.05) is 13.1 Å². The minimum absolute atomic E-state index is 0.152. The van der Waals surface area contributed by atoms with Gasteiger partial charge in [0, 0.05) is 38.8 Å². The van der Waals surface area contributed by atoms with Gasteiger partial charge in [0.15, 0.2) is 0 Å². The molecule has 0 spiro atoms. The molecule has 6 heteroatoms. The standard InChI is InChI=1S/C19H24N4O2/c1-14-5-3-4-6-15(14)13-23-11-9-16(10-12-23)20-19(25)17-7-8-18(24)22(2)21-17/h3-8,16H,9-13H2,1-2H3,(H,20,25). The Bertz CT molecular complexity index is 807. The molecule has 1 fully saturated rings. The summed E-state index contributed by atoms with van der Waals surface area (Å²) in [6.45, 7) is 5.01. The van der Waals surface area contributed by atoms with E-state index in [2.05, 4.69) is 46.5 Å². The van der Waals surface area contributed by atoms with Crippen molar-refractivity contribution in [3.63, 3.8) is 0 Å². The lowest BCUT2D eigenvalue weighted by atomic mass is 10.0. The second-order valence-electron chi connectivity index (χ2n) is 6.63. The molecule has 2 aromatic rings. The molecule has 1 aromatic heterocycles. The summed E-state index contributed by atoms with van der Waals surface area (Å²) >= 11 is 0. The first kappa shape index (κ1) is 17.4. The Balaban J connectivity index is 1.52. The third kappa shape index (κ3) is 4.33. The Morgan fingerprint density at radius 3 is 2.60 bits per heavy atom. The summed E-state index contributed by atoms with van der Waals surface area (Å²) in [5.41, 5.74) is 2.74. The molecule has 1 saturated heterocycles. The summed E-state index contributed by atoms with van der Waals surface area (Å²) in [5.74, 6) is -0.215. The lowest BCUT2D eigenvalue weighted by molar-refractivity contribution is 0.0901.